The molecule has 2 aromatic rings. The fraction of sp³-hybridized carbons (Fsp3) is 0.176. The molecular formula is C17H16N4O3. The monoisotopic (exact) mass is 324 g/mol. The van der Waals surface area contributed by atoms with E-state index >= 15 is 0 Å². The Morgan fingerprint density at radius 2 is 1.83 bits per heavy atom. The molecule has 1 aliphatic heterocycles. The number of benzene rings is 1. The predicted molar refractivity (Wildman–Crippen MR) is 86.8 cm³/mol. The van der Waals surface area contributed by atoms with Crippen LogP contribution in [0.3, 0.4) is 0 Å². The van der Waals surface area contributed by atoms with E-state index in [2.05, 4.69) is 15.6 Å². The van der Waals surface area contributed by atoms with Gasteiger partial charge in [0.2, 0.25) is 0 Å². The van der Waals surface area contributed by atoms with Gasteiger partial charge in [0.15, 0.2) is 0 Å². The number of carbonyl (C=O) groups excluding carboxylic acids is 3. The van der Waals surface area contributed by atoms with Crippen molar-refractivity contribution in [1.82, 2.24) is 15.6 Å². The largest absolute Gasteiger partial charge is 0.344 e. The molecule has 3 amide bonds. The normalized spacial score (nSPS) is 15.8. The Bertz CT molecular complexity index is 791. The number of carbonyl (C=O) groups is 3. The molecule has 7 nitrogen and oxygen atoms in total. The number of nitrogens with one attached hydrogen (secondary N) is 2. The van der Waals surface area contributed by atoms with E-state index in [4.69, 9.17) is 0 Å². The van der Waals surface area contributed by atoms with E-state index in [1.807, 2.05) is 6.07 Å². The number of para-hydroxylation sites is 1. The lowest BCUT2D eigenvalue weighted by Crippen LogP contribution is -2.43. The highest BCUT2D eigenvalue weighted by Gasteiger charge is 2.36. The Morgan fingerprint density at radius 3 is 2.58 bits per heavy atom. The Balaban J connectivity index is 1.64. The van der Waals surface area contributed by atoms with Crippen LogP contribution in [-0.4, -0.2) is 29.8 Å². The first-order valence-corrected chi connectivity index (χ1v) is 7.42. The van der Waals surface area contributed by atoms with Crippen molar-refractivity contribution in [3.63, 3.8) is 0 Å². The minimum absolute atomic E-state index is 0.212. The van der Waals surface area contributed by atoms with Crippen molar-refractivity contribution in [2.24, 2.45) is 0 Å². The van der Waals surface area contributed by atoms with Crippen LogP contribution in [-0.2, 0) is 20.9 Å². The van der Waals surface area contributed by atoms with Gasteiger partial charge in [0.1, 0.15) is 6.04 Å². The molecule has 1 atom stereocenters. The van der Waals surface area contributed by atoms with Crippen LogP contribution in [0, 0.1) is 0 Å². The summed E-state index contributed by atoms with van der Waals surface area (Å²) in [5, 5.41) is 5.02. The van der Waals surface area contributed by atoms with E-state index in [0.29, 0.717) is 5.56 Å². The number of aromatic nitrogens is 1. The van der Waals surface area contributed by atoms with Crippen molar-refractivity contribution in [2.75, 3.05) is 11.9 Å². The van der Waals surface area contributed by atoms with Crippen molar-refractivity contribution in [1.29, 1.82) is 0 Å². The van der Waals surface area contributed by atoms with E-state index in [1.54, 1.807) is 49.8 Å². The Kier molecular flexibility index (Phi) is 4.24. The van der Waals surface area contributed by atoms with Gasteiger partial charge in [-0.05, 0) is 23.8 Å². The second-order valence-corrected chi connectivity index (χ2v) is 5.40. The van der Waals surface area contributed by atoms with Crippen LogP contribution in [0.4, 0.5) is 5.69 Å². The Hall–Kier alpha value is -3.22. The van der Waals surface area contributed by atoms with Gasteiger partial charge >= 0.3 is 11.8 Å². The fourth-order valence-electron chi connectivity index (χ4n) is 2.58. The molecule has 122 valence electrons. The van der Waals surface area contributed by atoms with Gasteiger partial charge < -0.3 is 15.5 Å². The van der Waals surface area contributed by atoms with Crippen LogP contribution in [0.5, 0.6) is 0 Å². The van der Waals surface area contributed by atoms with E-state index in [1.165, 1.54) is 4.90 Å². The summed E-state index contributed by atoms with van der Waals surface area (Å²) < 4.78 is 0. The molecule has 0 saturated heterocycles. The molecule has 1 aliphatic rings. The average molecular weight is 324 g/mol. The predicted octanol–water partition coefficient (Wildman–Crippen LogP) is 0.532. The van der Waals surface area contributed by atoms with Gasteiger partial charge in [0, 0.05) is 37.2 Å². The summed E-state index contributed by atoms with van der Waals surface area (Å²) in [4.78, 5) is 41.6. The highest BCUT2D eigenvalue weighted by Crippen LogP contribution is 2.34. The zero-order valence-electron chi connectivity index (χ0n) is 13.0. The number of hydrogen-bond donors (Lipinski definition) is 2. The number of fused-ring (bicyclic) bond motifs is 1. The summed E-state index contributed by atoms with van der Waals surface area (Å²) >= 11 is 0. The number of rotatable bonds is 3. The van der Waals surface area contributed by atoms with Gasteiger partial charge in [-0.3, -0.25) is 19.4 Å². The zero-order valence-corrected chi connectivity index (χ0v) is 13.0. The van der Waals surface area contributed by atoms with Crippen molar-refractivity contribution in [3.8, 4) is 0 Å². The Labute approximate surface area is 138 Å². The quantitative estimate of drug-likeness (QED) is 0.806. The van der Waals surface area contributed by atoms with Crippen LogP contribution in [0.25, 0.3) is 0 Å². The van der Waals surface area contributed by atoms with Crippen LogP contribution in [0.15, 0.2) is 48.8 Å². The molecule has 3 rings (SSSR count). The molecule has 7 heteroatoms. The van der Waals surface area contributed by atoms with Crippen LogP contribution in [0.1, 0.15) is 17.2 Å². The smallest absolute Gasteiger partial charge is 0.310 e. The van der Waals surface area contributed by atoms with E-state index in [0.717, 1.165) is 11.3 Å². The highest BCUT2D eigenvalue weighted by molar-refractivity contribution is 6.35. The third-order valence-corrected chi connectivity index (χ3v) is 3.87. The first-order chi connectivity index (χ1) is 11.6. The maximum absolute atomic E-state index is 12.3. The molecule has 0 saturated carbocycles. The lowest BCUT2D eigenvalue weighted by Gasteiger charge is -2.13. The van der Waals surface area contributed by atoms with Crippen LogP contribution in [0.2, 0.25) is 0 Å². The SMILES string of the molecule is CN1C(=O)[C@@H](NC(=O)C(=O)NCc2ccncc2)c2ccccc21. The molecule has 0 bridgehead atoms. The van der Waals surface area contributed by atoms with Gasteiger partial charge in [0.05, 0.1) is 0 Å². The summed E-state index contributed by atoms with van der Waals surface area (Å²) in [5.41, 5.74) is 2.23. The van der Waals surface area contributed by atoms with E-state index in [9.17, 15) is 14.4 Å². The number of likely N-dealkylation sites (N-methyl/N-ethyl adjacent to an activating group) is 1. The average Bonchev–Trinajstić information content (AvgIpc) is 2.86. The number of hydrogen-bond acceptors (Lipinski definition) is 4. The second-order valence-electron chi connectivity index (χ2n) is 5.40. The molecule has 1 aromatic heterocycles. The van der Waals surface area contributed by atoms with Crippen LogP contribution < -0.4 is 15.5 Å². The van der Waals surface area contributed by atoms with Gasteiger partial charge in [0.25, 0.3) is 5.91 Å². The molecule has 0 fully saturated rings. The second kappa shape index (κ2) is 6.49. The summed E-state index contributed by atoms with van der Waals surface area (Å²) in [6.07, 6.45) is 3.21. The van der Waals surface area contributed by atoms with E-state index < -0.39 is 17.9 Å². The Morgan fingerprint density at radius 1 is 1.12 bits per heavy atom. The molecule has 24 heavy (non-hydrogen) atoms. The standard InChI is InChI=1S/C17H16N4O3/c1-21-13-5-3-2-4-12(13)14(17(21)24)20-16(23)15(22)19-10-11-6-8-18-9-7-11/h2-9,14H,10H2,1H3,(H,19,22)(H,20,23)/t14-/m0/s1. The van der Waals surface area contributed by atoms with E-state index in [-0.39, 0.29) is 12.5 Å². The molecular weight excluding hydrogens is 308 g/mol. The van der Waals surface area contributed by atoms with Gasteiger partial charge in [-0.15, -0.1) is 0 Å². The lowest BCUT2D eigenvalue weighted by molar-refractivity contribution is -0.140. The zero-order chi connectivity index (χ0) is 17.1. The fourth-order valence-corrected chi connectivity index (χ4v) is 2.58. The summed E-state index contributed by atoms with van der Waals surface area (Å²) in [6, 6.07) is 9.79. The minimum atomic E-state index is -0.842. The molecule has 1 aromatic carbocycles. The maximum atomic E-state index is 12.3. The number of nitrogens with zero attached hydrogens (tertiary/aromatic N) is 2. The number of pyridine rings is 1. The van der Waals surface area contributed by atoms with Crippen molar-refractivity contribution in [3.05, 3.63) is 59.9 Å². The molecule has 2 heterocycles. The first kappa shape index (κ1) is 15.7. The lowest BCUT2D eigenvalue weighted by atomic mass is 10.1. The topological polar surface area (TPSA) is 91.4 Å². The molecule has 0 unspecified atom stereocenters. The molecule has 2 N–H and O–H groups in total. The van der Waals surface area contributed by atoms with Gasteiger partial charge in [-0.25, -0.2) is 0 Å². The summed E-state index contributed by atoms with van der Waals surface area (Å²) in [7, 11) is 1.64. The van der Waals surface area contributed by atoms with Crippen molar-refractivity contribution < 1.29 is 14.4 Å². The summed E-state index contributed by atoms with van der Waals surface area (Å²) in [5.74, 6) is -1.90. The van der Waals surface area contributed by atoms with Gasteiger partial charge in [-0.2, -0.15) is 0 Å². The first-order valence-electron chi connectivity index (χ1n) is 7.42. The van der Waals surface area contributed by atoms with Crippen molar-refractivity contribution in [2.45, 2.75) is 12.6 Å². The maximum Gasteiger partial charge on any atom is 0.310 e. The third-order valence-electron chi connectivity index (χ3n) is 3.87. The van der Waals surface area contributed by atoms with Crippen LogP contribution >= 0.6 is 0 Å². The summed E-state index contributed by atoms with van der Waals surface area (Å²) in [6.45, 7) is 0.212. The molecule has 0 spiro atoms. The van der Waals surface area contributed by atoms with Gasteiger partial charge in [-0.1, -0.05) is 18.2 Å². The highest BCUT2D eigenvalue weighted by atomic mass is 16.2. The number of amides is 3. The van der Waals surface area contributed by atoms with Crippen molar-refractivity contribution >= 4 is 23.4 Å². The molecule has 0 radical (unpaired) electrons. The number of anilines is 1. The minimum Gasteiger partial charge on any atom is -0.344 e. The third kappa shape index (κ3) is 2.96. The molecule has 0 aliphatic carbocycles.